The fourth-order valence-corrected chi connectivity index (χ4v) is 2.46. The number of carbonyl (C=O) groups excluding carboxylic acids is 2. The predicted molar refractivity (Wildman–Crippen MR) is 98.9 cm³/mol. The molecule has 0 unspecified atom stereocenters. The average molecular weight is 384 g/mol. The summed E-state index contributed by atoms with van der Waals surface area (Å²) in [6, 6.07) is 10.3. The Bertz CT molecular complexity index is 1020. The van der Waals surface area contributed by atoms with Crippen molar-refractivity contribution >= 4 is 11.8 Å². The quantitative estimate of drug-likeness (QED) is 0.475. The minimum Gasteiger partial charge on any atom is -0.459 e. The van der Waals surface area contributed by atoms with Gasteiger partial charge in [0.2, 0.25) is 0 Å². The van der Waals surface area contributed by atoms with E-state index in [9.17, 15) is 14.4 Å². The first kappa shape index (κ1) is 19.3. The van der Waals surface area contributed by atoms with E-state index in [1.807, 2.05) is 12.1 Å². The molecule has 8 nitrogen and oxygen atoms in total. The smallest absolute Gasteiger partial charge is 0.438 e. The van der Waals surface area contributed by atoms with Gasteiger partial charge in [-0.05, 0) is 23.1 Å². The molecule has 0 spiro atoms. The van der Waals surface area contributed by atoms with Crippen molar-refractivity contribution < 1.29 is 23.2 Å². The lowest BCUT2D eigenvalue weighted by Gasteiger charge is -2.18. The van der Waals surface area contributed by atoms with Crippen LogP contribution in [0.3, 0.4) is 0 Å². The van der Waals surface area contributed by atoms with Crippen molar-refractivity contribution in [1.82, 2.24) is 9.78 Å². The van der Waals surface area contributed by atoms with E-state index in [1.54, 1.807) is 24.3 Å². The molecule has 3 aromatic rings. The number of furan rings is 1. The Morgan fingerprint density at radius 1 is 1.14 bits per heavy atom. The first-order chi connectivity index (χ1) is 13.2. The van der Waals surface area contributed by atoms with Gasteiger partial charge >= 0.3 is 11.7 Å². The maximum atomic E-state index is 12.2. The van der Waals surface area contributed by atoms with Crippen molar-refractivity contribution in [2.24, 2.45) is 0 Å². The summed E-state index contributed by atoms with van der Waals surface area (Å²) in [5.41, 5.74) is 1.52. The van der Waals surface area contributed by atoms with Gasteiger partial charge in [0.05, 0.1) is 6.26 Å². The van der Waals surface area contributed by atoms with Gasteiger partial charge in [0.1, 0.15) is 6.54 Å². The van der Waals surface area contributed by atoms with Gasteiger partial charge in [-0.2, -0.15) is 4.68 Å². The monoisotopic (exact) mass is 384 g/mol. The summed E-state index contributed by atoms with van der Waals surface area (Å²) in [6.07, 6.45) is 1.41. The molecule has 28 heavy (non-hydrogen) atoms. The molecule has 8 heteroatoms. The highest BCUT2D eigenvalue weighted by Gasteiger charge is 2.18. The Balaban J connectivity index is 1.57. The van der Waals surface area contributed by atoms with Crippen LogP contribution in [0.15, 0.2) is 56.3 Å². The largest absolute Gasteiger partial charge is 0.459 e. The molecule has 2 heterocycles. The summed E-state index contributed by atoms with van der Waals surface area (Å²) in [4.78, 5) is 35.9. The van der Waals surface area contributed by atoms with Crippen LogP contribution in [-0.4, -0.2) is 28.1 Å². The van der Waals surface area contributed by atoms with Gasteiger partial charge in [0, 0.05) is 5.56 Å². The molecule has 0 atom stereocenters. The number of aromatic nitrogens is 2. The molecule has 0 saturated carbocycles. The van der Waals surface area contributed by atoms with Crippen molar-refractivity contribution in [2.45, 2.75) is 32.7 Å². The highest BCUT2D eigenvalue weighted by molar-refractivity contribution is 5.97. The predicted octanol–water partition coefficient (Wildman–Crippen LogP) is 2.82. The molecule has 3 rings (SSSR count). The molecule has 0 fully saturated rings. The van der Waals surface area contributed by atoms with Crippen LogP contribution >= 0.6 is 0 Å². The zero-order valence-electron chi connectivity index (χ0n) is 15.8. The molecular formula is C20H20N2O6. The Labute approximate surface area is 160 Å². The van der Waals surface area contributed by atoms with Crippen LogP contribution in [0.1, 0.15) is 36.7 Å². The van der Waals surface area contributed by atoms with Crippen molar-refractivity contribution in [3.05, 3.63) is 64.3 Å². The number of hydrogen-bond donors (Lipinski definition) is 0. The lowest BCUT2D eigenvalue weighted by Crippen LogP contribution is -2.24. The summed E-state index contributed by atoms with van der Waals surface area (Å²) < 4.78 is 15.8. The number of carbonyl (C=O) groups is 2. The first-order valence-electron chi connectivity index (χ1n) is 8.65. The maximum absolute atomic E-state index is 12.2. The van der Waals surface area contributed by atoms with Gasteiger partial charge in [-0.25, -0.2) is 4.79 Å². The molecule has 0 amide bonds. The van der Waals surface area contributed by atoms with E-state index in [0.29, 0.717) is 5.56 Å². The SMILES string of the molecule is CC(C)(C)c1ccc(C(=O)COC(=O)Cn2nc(-c3ccco3)oc2=O)cc1. The molecule has 0 aliphatic carbocycles. The maximum Gasteiger partial charge on any atom is 0.438 e. The zero-order chi connectivity index (χ0) is 20.3. The van der Waals surface area contributed by atoms with E-state index in [4.69, 9.17) is 13.6 Å². The molecule has 0 aliphatic rings. The van der Waals surface area contributed by atoms with E-state index >= 15 is 0 Å². The Kier molecular flexibility index (Phi) is 5.30. The lowest BCUT2D eigenvalue weighted by atomic mass is 9.86. The standard InChI is InChI=1S/C20H20N2O6/c1-20(2,3)14-8-6-13(7-9-14)15(23)12-27-17(24)11-22-19(25)28-18(21-22)16-5-4-10-26-16/h4-10H,11-12H2,1-3H3. The fourth-order valence-electron chi connectivity index (χ4n) is 2.46. The van der Waals surface area contributed by atoms with Gasteiger partial charge in [-0.1, -0.05) is 45.0 Å². The second-order valence-corrected chi connectivity index (χ2v) is 7.22. The van der Waals surface area contributed by atoms with Crippen molar-refractivity contribution in [3.8, 4) is 11.7 Å². The van der Waals surface area contributed by atoms with E-state index in [2.05, 4.69) is 25.9 Å². The van der Waals surface area contributed by atoms with Crippen LogP contribution in [-0.2, 0) is 21.5 Å². The minimum atomic E-state index is -0.826. The van der Waals surface area contributed by atoms with Crippen molar-refractivity contribution in [2.75, 3.05) is 6.61 Å². The third-order valence-corrected chi connectivity index (χ3v) is 4.05. The molecular weight excluding hydrogens is 364 g/mol. The second-order valence-electron chi connectivity index (χ2n) is 7.22. The van der Waals surface area contributed by atoms with E-state index in [-0.39, 0.29) is 22.8 Å². The van der Waals surface area contributed by atoms with Gasteiger partial charge in [0.15, 0.2) is 18.2 Å². The topological polar surface area (TPSA) is 105 Å². The normalized spacial score (nSPS) is 11.4. The molecule has 2 aromatic heterocycles. The van der Waals surface area contributed by atoms with E-state index in [1.165, 1.54) is 6.26 Å². The fraction of sp³-hybridized carbons (Fsp3) is 0.300. The van der Waals surface area contributed by atoms with Crippen LogP contribution in [0.25, 0.3) is 11.7 Å². The zero-order valence-corrected chi connectivity index (χ0v) is 15.8. The summed E-state index contributed by atoms with van der Waals surface area (Å²) in [7, 11) is 0. The third kappa shape index (κ3) is 4.46. The molecule has 146 valence electrons. The minimum absolute atomic E-state index is 0.0204. The number of hydrogen-bond acceptors (Lipinski definition) is 7. The van der Waals surface area contributed by atoms with Gasteiger partial charge < -0.3 is 13.6 Å². The van der Waals surface area contributed by atoms with Gasteiger partial charge in [0.25, 0.3) is 5.89 Å². The van der Waals surface area contributed by atoms with Crippen LogP contribution in [0.2, 0.25) is 0 Å². The highest BCUT2D eigenvalue weighted by atomic mass is 16.5. The van der Waals surface area contributed by atoms with E-state index in [0.717, 1.165) is 10.2 Å². The van der Waals surface area contributed by atoms with Crippen LogP contribution < -0.4 is 5.76 Å². The second kappa shape index (κ2) is 7.67. The number of rotatable bonds is 6. The van der Waals surface area contributed by atoms with Gasteiger partial charge in [-0.15, -0.1) is 5.10 Å². The summed E-state index contributed by atoms with van der Waals surface area (Å²) in [6.45, 7) is 5.34. The van der Waals surface area contributed by atoms with Crippen molar-refractivity contribution in [1.29, 1.82) is 0 Å². The van der Waals surface area contributed by atoms with Crippen molar-refractivity contribution in [3.63, 3.8) is 0 Å². The third-order valence-electron chi connectivity index (χ3n) is 4.05. The Morgan fingerprint density at radius 2 is 1.86 bits per heavy atom. The molecule has 0 radical (unpaired) electrons. The average Bonchev–Trinajstić information content (AvgIpc) is 3.29. The highest BCUT2D eigenvalue weighted by Crippen LogP contribution is 2.22. The number of Topliss-reactive ketones (excluding diaryl/α,β-unsaturated/α-hetero) is 1. The molecule has 0 aliphatic heterocycles. The first-order valence-corrected chi connectivity index (χ1v) is 8.65. The van der Waals surface area contributed by atoms with Crippen LogP contribution in [0.4, 0.5) is 0 Å². The molecule has 1 aromatic carbocycles. The Morgan fingerprint density at radius 3 is 2.46 bits per heavy atom. The summed E-state index contributed by atoms with van der Waals surface area (Å²) in [5, 5.41) is 3.87. The van der Waals surface area contributed by atoms with Crippen LogP contribution in [0.5, 0.6) is 0 Å². The molecule has 0 bridgehead atoms. The molecule has 0 saturated heterocycles. The van der Waals surface area contributed by atoms with E-state index < -0.39 is 24.9 Å². The number of nitrogens with zero attached hydrogens (tertiary/aromatic N) is 2. The number of esters is 1. The Hall–Kier alpha value is -3.42. The van der Waals surface area contributed by atoms with Crippen LogP contribution in [0, 0.1) is 0 Å². The molecule has 0 N–H and O–H groups in total. The number of ether oxygens (including phenoxy) is 1. The summed E-state index contributed by atoms with van der Waals surface area (Å²) in [5.74, 6) is -1.72. The number of benzene rings is 1. The summed E-state index contributed by atoms with van der Waals surface area (Å²) >= 11 is 0. The lowest BCUT2D eigenvalue weighted by molar-refractivity contribution is -0.143. The number of ketones is 1. The van der Waals surface area contributed by atoms with Gasteiger partial charge in [-0.3, -0.25) is 9.59 Å².